The molecule has 0 unspecified atom stereocenters. The van der Waals surface area contributed by atoms with E-state index in [4.69, 9.17) is 9.52 Å². The molecule has 0 aliphatic carbocycles. The first-order valence-corrected chi connectivity index (χ1v) is 5.92. The van der Waals surface area contributed by atoms with Crippen molar-refractivity contribution in [3.05, 3.63) is 41.5 Å². The van der Waals surface area contributed by atoms with Gasteiger partial charge in [-0.2, -0.15) is 0 Å². The minimum absolute atomic E-state index is 0.101. The van der Waals surface area contributed by atoms with Gasteiger partial charge in [0.1, 0.15) is 5.69 Å². The largest absolute Gasteiger partial charge is 0.475 e. The second kappa shape index (κ2) is 5.04. The highest BCUT2D eigenvalue weighted by Crippen LogP contribution is 2.24. The second-order valence-corrected chi connectivity index (χ2v) is 4.16. The van der Waals surface area contributed by atoms with Gasteiger partial charge in [0, 0.05) is 12.5 Å². The van der Waals surface area contributed by atoms with Crippen molar-refractivity contribution in [2.75, 3.05) is 0 Å². The van der Waals surface area contributed by atoms with E-state index in [1.165, 1.54) is 5.56 Å². The SMILES string of the molecule is CCCc1ccc(-c2nc(C)oc2C(=O)O)cc1. The van der Waals surface area contributed by atoms with Crippen LogP contribution in [0.15, 0.2) is 28.7 Å². The van der Waals surface area contributed by atoms with Crippen molar-refractivity contribution < 1.29 is 14.3 Å². The van der Waals surface area contributed by atoms with Crippen molar-refractivity contribution in [2.24, 2.45) is 0 Å². The Morgan fingerprint density at radius 3 is 2.56 bits per heavy atom. The van der Waals surface area contributed by atoms with Gasteiger partial charge in [-0.15, -0.1) is 0 Å². The summed E-state index contributed by atoms with van der Waals surface area (Å²) in [7, 11) is 0. The van der Waals surface area contributed by atoms with Gasteiger partial charge < -0.3 is 9.52 Å². The quantitative estimate of drug-likeness (QED) is 0.897. The van der Waals surface area contributed by atoms with E-state index < -0.39 is 5.97 Å². The van der Waals surface area contributed by atoms with Gasteiger partial charge >= 0.3 is 5.97 Å². The fourth-order valence-corrected chi connectivity index (χ4v) is 1.89. The van der Waals surface area contributed by atoms with Crippen LogP contribution in [0, 0.1) is 6.92 Å². The van der Waals surface area contributed by atoms with Crippen LogP contribution in [0.1, 0.15) is 35.4 Å². The molecule has 94 valence electrons. The maximum atomic E-state index is 11.0. The number of aromatic carboxylic acids is 1. The Hall–Kier alpha value is -2.10. The molecule has 0 fully saturated rings. The molecule has 0 bridgehead atoms. The molecule has 0 aliphatic heterocycles. The summed E-state index contributed by atoms with van der Waals surface area (Å²) in [4.78, 5) is 15.2. The fourth-order valence-electron chi connectivity index (χ4n) is 1.89. The molecule has 2 rings (SSSR count). The lowest BCUT2D eigenvalue weighted by Gasteiger charge is -2.01. The Bertz CT molecular complexity index is 555. The zero-order valence-corrected chi connectivity index (χ0v) is 10.4. The third-order valence-electron chi connectivity index (χ3n) is 2.69. The number of nitrogens with zero attached hydrogens (tertiary/aromatic N) is 1. The van der Waals surface area contributed by atoms with Crippen molar-refractivity contribution in [2.45, 2.75) is 26.7 Å². The van der Waals surface area contributed by atoms with Crippen molar-refractivity contribution in [1.82, 2.24) is 4.98 Å². The number of oxazole rings is 1. The van der Waals surface area contributed by atoms with E-state index in [0.29, 0.717) is 11.6 Å². The molecule has 1 heterocycles. The van der Waals surface area contributed by atoms with Crippen LogP contribution >= 0.6 is 0 Å². The first kappa shape index (κ1) is 12.4. The number of aromatic nitrogens is 1. The average molecular weight is 245 g/mol. The number of carboxylic acid groups (broad SMARTS) is 1. The number of hydrogen-bond donors (Lipinski definition) is 1. The molecule has 2 aromatic rings. The van der Waals surface area contributed by atoms with Crippen LogP contribution in [0.4, 0.5) is 0 Å². The molecule has 1 aromatic carbocycles. The number of hydrogen-bond acceptors (Lipinski definition) is 3. The summed E-state index contributed by atoms with van der Waals surface area (Å²) in [6.07, 6.45) is 2.10. The highest BCUT2D eigenvalue weighted by Gasteiger charge is 2.19. The van der Waals surface area contributed by atoms with Crippen LogP contribution in [0.5, 0.6) is 0 Å². The van der Waals surface area contributed by atoms with Crippen molar-refractivity contribution >= 4 is 5.97 Å². The summed E-state index contributed by atoms with van der Waals surface area (Å²) in [5.74, 6) is -0.834. The maximum Gasteiger partial charge on any atom is 0.374 e. The lowest BCUT2D eigenvalue weighted by Crippen LogP contribution is -1.96. The summed E-state index contributed by atoms with van der Waals surface area (Å²) < 4.78 is 5.10. The van der Waals surface area contributed by atoms with Gasteiger partial charge in [0.05, 0.1) is 0 Å². The molecule has 4 nitrogen and oxygen atoms in total. The molecule has 0 atom stereocenters. The van der Waals surface area contributed by atoms with Crippen molar-refractivity contribution in [3.8, 4) is 11.3 Å². The Morgan fingerprint density at radius 1 is 1.33 bits per heavy atom. The van der Waals surface area contributed by atoms with Crippen LogP contribution in [-0.2, 0) is 6.42 Å². The van der Waals surface area contributed by atoms with Gasteiger partial charge in [-0.25, -0.2) is 9.78 Å². The van der Waals surface area contributed by atoms with Gasteiger partial charge in [-0.1, -0.05) is 37.6 Å². The Labute approximate surface area is 105 Å². The molecule has 0 spiro atoms. The van der Waals surface area contributed by atoms with E-state index >= 15 is 0 Å². The van der Waals surface area contributed by atoms with E-state index in [1.807, 2.05) is 24.3 Å². The summed E-state index contributed by atoms with van der Waals surface area (Å²) >= 11 is 0. The number of carboxylic acids is 1. The molecule has 1 aromatic heterocycles. The molecule has 0 saturated carbocycles. The Kier molecular flexibility index (Phi) is 3.46. The van der Waals surface area contributed by atoms with E-state index in [0.717, 1.165) is 18.4 Å². The number of rotatable bonds is 4. The van der Waals surface area contributed by atoms with Crippen LogP contribution in [0.3, 0.4) is 0 Å². The van der Waals surface area contributed by atoms with Crippen LogP contribution in [0.25, 0.3) is 11.3 Å². The van der Waals surface area contributed by atoms with Crippen molar-refractivity contribution in [1.29, 1.82) is 0 Å². The smallest absolute Gasteiger partial charge is 0.374 e. The molecule has 0 amide bonds. The molecule has 0 saturated heterocycles. The fraction of sp³-hybridized carbons (Fsp3) is 0.286. The topological polar surface area (TPSA) is 63.3 Å². The number of benzene rings is 1. The Morgan fingerprint density at radius 2 is 2.00 bits per heavy atom. The minimum Gasteiger partial charge on any atom is -0.475 e. The highest BCUT2D eigenvalue weighted by molar-refractivity contribution is 5.91. The zero-order valence-electron chi connectivity index (χ0n) is 10.4. The second-order valence-electron chi connectivity index (χ2n) is 4.16. The molecule has 4 heteroatoms. The average Bonchev–Trinajstić information content (AvgIpc) is 2.73. The summed E-state index contributed by atoms with van der Waals surface area (Å²) in [5.41, 5.74) is 2.39. The highest BCUT2D eigenvalue weighted by atomic mass is 16.4. The van der Waals surface area contributed by atoms with Crippen molar-refractivity contribution in [3.63, 3.8) is 0 Å². The van der Waals surface area contributed by atoms with Gasteiger partial charge in [0.2, 0.25) is 5.76 Å². The predicted octanol–water partition coefficient (Wildman–Crippen LogP) is 3.30. The zero-order chi connectivity index (χ0) is 13.1. The maximum absolute atomic E-state index is 11.0. The van der Waals surface area contributed by atoms with E-state index in [1.54, 1.807) is 6.92 Å². The number of carbonyl (C=O) groups is 1. The minimum atomic E-state index is -1.09. The van der Waals surface area contributed by atoms with Gasteiger partial charge in [0.25, 0.3) is 0 Å². The van der Waals surface area contributed by atoms with Gasteiger partial charge in [0.15, 0.2) is 5.89 Å². The normalized spacial score (nSPS) is 10.6. The summed E-state index contributed by atoms with van der Waals surface area (Å²) in [6.45, 7) is 3.76. The third kappa shape index (κ3) is 2.42. The van der Waals surface area contributed by atoms with Crippen LogP contribution in [-0.4, -0.2) is 16.1 Å². The lowest BCUT2D eigenvalue weighted by molar-refractivity contribution is 0.0662. The summed E-state index contributed by atoms with van der Waals surface area (Å²) in [6, 6.07) is 7.76. The van der Waals surface area contributed by atoms with E-state index in [9.17, 15) is 4.79 Å². The first-order chi connectivity index (χ1) is 8.61. The predicted molar refractivity (Wildman–Crippen MR) is 67.6 cm³/mol. The first-order valence-electron chi connectivity index (χ1n) is 5.92. The molecule has 0 aliphatic rings. The van der Waals surface area contributed by atoms with Gasteiger partial charge in [-0.3, -0.25) is 0 Å². The third-order valence-corrected chi connectivity index (χ3v) is 2.69. The van der Waals surface area contributed by atoms with E-state index in [2.05, 4.69) is 11.9 Å². The monoisotopic (exact) mass is 245 g/mol. The van der Waals surface area contributed by atoms with Crippen LogP contribution < -0.4 is 0 Å². The standard InChI is InChI=1S/C14H15NO3/c1-3-4-10-5-7-11(8-6-10)12-13(14(16)17)18-9(2)15-12/h5-8H,3-4H2,1-2H3,(H,16,17). The summed E-state index contributed by atoms with van der Waals surface area (Å²) in [5, 5.41) is 9.05. The Balaban J connectivity index is 2.39. The molecule has 18 heavy (non-hydrogen) atoms. The molecular formula is C14H15NO3. The van der Waals surface area contributed by atoms with Gasteiger partial charge in [-0.05, 0) is 12.0 Å². The molecule has 0 radical (unpaired) electrons. The lowest BCUT2D eigenvalue weighted by atomic mass is 10.1. The molecular weight excluding hydrogens is 230 g/mol. The van der Waals surface area contributed by atoms with E-state index in [-0.39, 0.29) is 5.76 Å². The van der Waals surface area contributed by atoms with Crippen LogP contribution in [0.2, 0.25) is 0 Å². The molecule has 1 N–H and O–H groups in total. The number of aryl methyl sites for hydroxylation is 2.